The second-order valence-electron chi connectivity index (χ2n) is 13.8. The molecule has 1 heterocycles. The third kappa shape index (κ3) is 9.12. The minimum atomic E-state index is -0.408. The van der Waals surface area contributed by atoms with Gasteiger partial charge in [-0.1, -0.05) is 67.6 Å². The summed E-state index contributed by atoms with van der Waals surface area (Å²) >= 11 is 0. The van der Waals surface area contributed by atoms with E-state index in [1.807, 2.05) is 87.6 Å². The first-order valence-corrected chi connectivity index (χ1v) is 17.8. The van der Waals surface area contributed by atoms with Gasteiger partial charge in [-0.25, -0.2) is 4.79 Å². The lowest BCUT2D eigenvalue weighted by atomic mass is 10.0. The van der Waals surface area contributed by atoms with Gasteiger partial charge in [-0.3, -0.25) is 14.5 Å². The quantitative estimate of drug-likeness (QED) is 0.102. The van der Waals surface area contributed by atoms with Crippen LogP contribution in [0.4, 0.5) is 27.5 Å². The average molecular weight is 715 g/mol. The highest BCUT2D eigenvalue weighted by atomic mass is 16.5. The molecule has 0 fully saturated rings. The van der Waals surface area contributed by atoms with Crippen LogP contribution in [0.1, 0.15) is 35.3 Å². The predicted molar refractivity (Wildman–Crippen MR) is 210 cm³/mol. The molecule has 0 bridgehead atoms. The summed E-state index contributed by atoms with van der Waals surface area (Å²) in [7, 11) is 2.00. The molecule has 11 heteroatoms. The van der Waals surface area contributed by atoms with Gasteiger partial charge < -0.3 is 36.4 Å². The predicted octanol–water partition coefficient (Wildman–Crippen LogP) is 6.60. The van der Waals surface area contributed by atoms with E-state index in [9.17, 15) is 19.5 Å². The third-order valence-electron chi connectivity index (χ3n) is 9.58. The van der Waals surface area contributed by atoms with Crippen molar-refractivity contribution in [1.82, 2.24) is 9.80 Å². The fourth-order valence-electron chi connectivity index (χ4n) is 6.59. The van der Waals surface area contributed by atoms with Crippen LogP contribution < -0.4 is 26.4 Å². The molecular formula is C42H46N6O5. The summed E-state index contributed by atoms with van der Waals surface area (Å²) < 4.78 is 6.69. The van der Waals surface area contributed by atoms with Gasteiger partial charge in [0.25, 0.3) is 5.91 Å². The highest BCUT2D eigenvalue weighted by Crippen LogP contribution is 2.30. The van der Waals surface area contributed by atoms with Gasteiger partial charge in [-0.05, 0) is 73.5 Å². The van der Waals surface area contributed by atoms with Gasteiger partial charge >= 0.3 is 6.03 Å². The summed E-state index contributed by atoms with van der Waals surface area (Å²) in [6.07, 6.45) is -0.264. The normalized spacial score (nSPS) is 16.5. The van der Waals surface area contributed by atoms with Crippen molar-refractivity contribution in [2.75, 3.05) is 48.4 Å². The molecule has 0 unspecified atom stereocenters. The van der Waals surface area contributed by atoms with Gasteiger partial charge in [0.1, 0.15) is 11.9 Å². The number of nitrogens with one attached hydrogen (secondary N) is 3. The number of urea groups is 1. The van der Waals surface area contributed by atoms with Crippen LogP contribution in [0.3, 0.4) is 0 Å². The number of aliphatic hydroxyl groups excluding tert-OH is 1. The number of likely N-dealkylation sites (N-methyl/N-ethyl adjacent to an activating group) is 1. The monoisotopic (exact) mass is 714 g/mol. The van der Waals surface area contributed by atoms with Crippen LogP contribution in [0.5, 0.6) is 5.75 Å². The van der Waals surface area contributed by atoms with Crippen molar-refractivity contribution in [2.24, 2.45) is 5.92 Å². The van der Waals surface area contributed by atoms with Crippen molar-refractivity contribution in [3.05, 3.63) is 126 Å². The number of para-hydroxylation sites is 2. The maximum Gasteiger partial charge on any atom is 0.323 e. The number of nitrogens with zero attached hydrogens (tertiary/aromatic N) is 2. The Hall–Kier alpha value is -5.91. The lowest BCUT2D eigenvalue weighted by Crippen LogP contribution is -2.47. The number of ether oxygens (including phenoxy) is 1. The second kappa shape index (κ2) is 16.6. The molecule has 0 radical (unpaired) electrons. The van der Waals surface area contributed by atoms with Gasteiger partial charge in [0, 0.05) is 47.8 Å². The fourth-order valence-corrected chi connectivity index (χ4v) is 6.59. The minimum Gasteiger partial charge on any atom is -0.488 e. The maximum atomic E-state index is 13.7. The van der Waals surface area contributed by atoms with Gasteiger partial charge in [0.05, 0.1) is 36.1 Å². The molecule has 1 aliphatic heterocycles. The molecule has 11 nitrogen and oxygen atoms in total. The molecule has 274 valence electrons. The zero-order chi connectivity index (χ0) is 37.5. The molecule has 0 aromatic heterocycles. The van der Waals surface area contributed by atoms with Crippen molar-refractivity contribution < 1.29 is 24.2 Å². The number of amides is 4. The van der Waals surface area contributed by atoms with Crippen molar-refractivity contribution in [2.45, 2.75) is 39.0 Å². The van der Waals surface area contributed by atoms with E-state index in [1.54, 1.807) is 47.4 Å². The van der Waals surface area contributed by atoms with Crippen molar-refractivity contribution in [1.29, 1.82) is 0 Å². The Morgan fingerprint density at radius 3 is 2.42 bits per heavy atom. The van der Waals surface area contributed by atoms with Crippen molar-refractivity contribution in [3.63, 3.8) is 0 Å². The fraction of sp³-hybridized carbons (Fsp3) is 0.262. The number of hydrogen-bond donors (Lipinski definition) is 5. The van der Waals surface area contributed by atoms with E-state index in [0.717, 1.165) is 16.3 Å². The molecule has 3 atom stereocenters. The zero-order valence-corrected chi connectivity index (χ0v) is 30.2. The first kappa shape index (κ1) is 36.9. The van der Waals surface area contributed by atoms with Gasteiger partial charge in [0.2, 0.25) is 5.91 Å². The summed E-state index contributed by atoms with van der Waals surface area (Å²) in [6, 6.07) is 32.7. The van der Waals surface area contributed by atoms with Crippen LogP contribution in [-0.2, 0) is 17.8 Å². The van der Waals surface area contributed by atoms with E-state index < -0.39 is 6.03 Å². The van der Waals surface area contributed by atoms with Crippen LogP contribution in [0, 0.1) is 5.92 Å². The molecule has 1 aliphatic rings. The molecular weight excluding hydrogens is 668 g/mol. The number of nitrogen functional groups attached to an aromatic ring is 1. The Morgan fingerprint density at radius 1 is 0.925 bits per heavy atom. The smallest absolute Gasteiger partial charge is 0.323 e. The number of nitrogens with two attached hydrogens (primary N) is 1. The summed E-state index contributed by atoms with van der Waals surface area (Å²) in [5.74, 6) is 0.113. The molecule has 6 rings (SSSR count). The summed E-state index contributed by atoms with van der Waals surface area (Å²) in [4.78, 5) is 43.5. The van der Waals surface area contributed by atoms with E-state index in [0.29, 0.717) is 59.3 Å². The Bertz CT molecular complexity index is 2080. The highest BCUT2D eigenvalue weighted by Gasteiger charge is 2.31. The van der Waals surface area contributed by atoms with Crippen LogP contribution in [0.25, 0.3) is 10.8 Å². The molecule has 53 heavy (non-hydrogen) atoms. The summed E-state index contributed by atoms with van der Waals surface area (Å²) in [5, 5.41) is 20.7. The van der Waals surface area contributed by atoms with Crippen LogP contribution in [-0.4, -0.2) is 71.6 Å². The number of fused-ring (bicyclic) bond motifs is 2. The Balaban J connectivity index is 1.16. The van der Waals surface area contributed by atoms with Crippen LogP contribution in [0.2, 0.25) is 0 Å². The van der Waals surface area contributed by atoms with Gasteiger partial charge in [-0.2, -0.15) is 0 Å². The molecule has 0 aliphatic carbocycles. The lowest BCUT2D eigenvalue weighted by Gasteiger charge is -2.34. The summed E-state index contributed by atoms with van der Waals surface area (Å²) in [5.41, 5.74) is 10.4. The average Bonchev–Trinajstić information content (AvgIpc) is 3.19. The second-order valence-corrected chi connectivity index (χ2v) is 13.8. The van der Waals surface area contributed by atoms with Gasteiger partial charge in [-0.15, -0.1) is 0 Å². The molecule has 6 N–H and O–H groups in total. The zero-order valence-electron chi connectivity index (χ0n) is 30.2. The van der Waals surface area contributed by atoms with E-state index in [1.165, 1.54) is 0 Å². The molecule has 5 aromatic rings. The first-order valence-electron chi connectivity index (χ1n) is 17.8. The minimum absolute atomic E-state index is 0.0478. The van der Waals surface area contributed by atoms with Crippen LogP contribution >= 0.6 is 0 Å². The topological polar surface area (TPSA) is 149 Å². The van der Waals surface area contributed by atoms with E-state index in [-0.39, 0.29) is 42.9 Å². The first-order chi connectivity index (χ1) is 25.6. The van der Waals surface area contributed by atoms with E-state index in [2.05, 4.69) is 20.9 Å². The Labute approximate surface area is 309 Å². The number of carbonyl (C=O) groups is 3. The number of carbonyl (C=O) groups excluding carboxylic acids is 3. The van der Waals surface area contributed by atoms with E-state index >= 15 is 0 Å². The van der Waals surface area contributed by atoms with Gasteiger partial charge in [0.15, 0.2) is 0 Å². The standard InChI is InChI=1S/C42H46N6O5/c1-27-23-48(28(2)26-49)40(50)22-32-21-33(44-42(52)46-36-14-8-10-30-9-4-5-11-34(30)36)19-20-38(32)53-39(27)25-47(3)24-29-15-17-31(18-16-29)41(51)45-37-13-7-6-12-35(37)43/h4-21,27-28,39,49H,22-26,43H2,1-3H3,(H,45,51)(H2,44,46,52)/t27-,28-,39-/m0/s1. The molecule has 4 amide bonds. The van der Waals surface area contributed by atoms with Crippen molar-refractivity contribution >= 4 is 51.4 Å². The number of rotatable bonds is 10. The van der Waals surface area contributed by atoms with E-state index in [4.69, 9.17) is 10.5 Å². The molecule has 0 saturated carbocycles. The molecule has 5 aromatic carbocycles. The van der Waals surface area contributed by atoms with Crippen molar-refractivity contribution in [3.8, 4) is 5.75 Å². The largest absolute Gasteiger partial charge is 0.488 e. The number of anilines is 4. The Kier molecular flexibility index (Phi) is 11.6. The third-order valence-corrected chi connectivity index (χ3v) is 9.58. The molecule has 0 saturated heterocycles. The number of hydrogen-bond acceptors (Lipinski definition) is 7. The maximum absolute atomic E-state index is 13.7. The highest BCUT2D eigenvalue weighted by molar-refractivity contribution is 6.07. The lowest BCUT2D eigenvalue weighted by molar-refractivity contribution is -0.134. The van der Waals surface area contributed by atoms with Crippen LogP contribution in [0.15, 0.2) is 109 Å². The summed E-state index contributed by atoms with van der Waals surface area (Å²) in [6.45, 7) is 5.26. The Morgan fingerprint density at radius 2 is 1.64 bits per heavy atom. The molecule has 0 spiro atoms. The number of aliphatic hydroxyl groups is 1. The number of benzene rings is 5. The SMILES string of the molecule is C[C@H]1CN([C@@H](C)CO)C(=O)Cc2cc(NC(=O)Nc3cccc4ccccc34)ccc2O[C@H]1CN(C)Cc1ccc(C(=O)Nc2ccccc2N)cc1.